The predicted octanol–water partition coefficient (Wildman–Crippen LogP) is 3.91. The number of hydrogen-bond acceptors (Lipinski definition) is 4. The normalized spacial score (nSPS) is 19.6. The molecule has 0 atom stereocenters. The molecule has 1 amide bonds. The van der Waals surface area contributed by atoms with E-state index in [1.165, 1.54) is 0 Å². The van der Waals surface area contributed by atoms with Crippen molar-refractivity contribution in [1.29, 1.82) is 0 Å². The van der Waals surface area contributed by atoms with E-state index in [0.717, 1.165) is 36.9 Å². The molecule has 4 rings (SSSR count). The van der Waals surface area contributed by atoms with E-state index < -0.39 is 0 Å². The monoisotopic (exact) mass is 381 g/mol. The van der Waals surface area contributed by atoms with Crippen LogP contribution < -0.4 is 5.32 Å². The Labute approximate surface area is 162 Å². The van der Waals surface area contributed by atoms with Gasteiger partial charge in [-0.1, -0.05) is 17.7 Å². The molecule has 138 valence electrons. The van der Waals surface area contributed by atoms with Gasteiger partial charge in [0.05, 0.1) is 24.1 Å². The lowest BCUT2D eigenvalue weighted by Crippen LogP contribution is -2.38. The Hall–Kier alpha value is -2.73. The van der Waals surface area contributed by atoms with Crippen LogP contribution in [0, 0.1) is 0 Å². The number of aromatic nitrogens is 4. The highest BCUT2D eigenvalue weighted by Crippen LogP contribution is 2.29. The zero-order valence-electron chi connectivity index (χ0n) is 14.8. The Morgan fingerprint density at radius 3 is 2.74 bits per heavy atom. The first-order valence-corrected chi connectivity index (χ1v) is 9.44. The number of rotatable bonds is 4. The maximum absolute atomic E-state index is 12.4. The molecule has 2 aromatic heterocycles. The molecule has 1 N–H and O–H groups in total. The lowest BCUT2D eigenvalue weighted by molar-refractivity contribution is 0.0921. The Morgan fingerprint density at radius 1 is 1.15 bits per heavy atom. The molecule has 1 aliphatic rings. The molecule has 0 unspecified atom stereocenters. The van der Waals surface area contributed by atoms with Crippen molar-refractivity contribution in [2.75, 3.05) is 0 Å². The second-order valence-corrected chi connectivity index (χ2v) is 7.23. The highest BCUT2D eigenvalue weighted by molar-refractivity contribution is 6.30. The summed E-state index contributed by atoms with van der Waals surface area (Å²) in [4.78, 5) is 20.8. The summed E-state index contributed by atoms with van der Waals surface area (Å²) in [6.07, 6.45) is 12.7. The fourth-order valence-electron chi connectivity index (χ4n) is 3.50. The average molecular weight is 382 g/mol. The molecule has 0 bridgehead atoms. The van der Waals surface area contributed by atoms with Crippen LogP contribution in [-0.2, 0) is 0 Å². The Bertz CT molecular complexity index is 919. The van der Waals surface area contributed by atoms with Crippen LogP contribution in [0.5, 0.6) is 0 Å². The molecule has 0 spiro atoms. The molecule has 3 aromatic rings. The van der Waals surface area contributed by atoms with Crippen molar-refractivity contribution < 1.29 is 4.79 Å². The van der Waals surface area contributed by atoms with Crippen LogP contribution >= 0.6 is 11.6 Å². The third-order valence-electron chi connectivity index (χ3n) is 4.95. The molecule has 1 saturated carbocycles. The summed E-state index contributed by atoms with van der Waals surface area (Å²) in [6.45, 7) is 0. The highest BCUT2D eigenvalue weighted by Gasteiger charge is 2.24. The zero-order chi connectivity index (χ0) is 18.6. The van der Waals surface area contributed by atoms with Gasteiger partial charge >= 0.3 is 0 Å². The molecule has 0 aliphatic heterocycles. The lowest BCUT2D eigenvalue weighted by atomic mass is 9.91. The van der Waals surface area contributed by atoms with Gasteiger partial charge in [0.2, 0.25) is 0 Å². The molecular weight excluding hydrogens is 362 g/mol. The fourth-order valence-corrected chi connectivity index (χ4v) is 3.69. The second-order valence-electron chi connectivity index (χ2n) is 6.79. The topological polar surface area (TPSA) is 72.7 Å². The highest BCUT2D eigenvalue weighted by atomic mass is 35.5. The third kappa shape index (κ3) is 4.17. The first-order chi connectivity index (χ1) is 13.2. The summed E-state index contributed by atoms with van der Waals surface area (Å²) in [5, 5.41) is 8.20. The molecule has 27 heavy (non-hydrogen) atoms. The lowest BCUT2D eigenvalue weighted by Gasteiger charge is -2.29. The summed E-state index contributed by atoms with van der Waals surface area (Å²) in [5.74, 6) is -0.0648. The maximum Gasteiger partial charge on any atom is 0.251 e. The predicted molar refractivity (Wildman–Crippen MR) is 103 cm³/mol. The molecule has 0 radical (unpaired) electrons. The molecule has 1 aromatic carbocycles. The van der Waals surface area contributed by atoms with Gasteiger partial charge in [-0.05, 0) is 43.9 Å². The van der Waals surface area contributed by atoms with Crippen LogP contribution in [0.15, 0.2) is 55.2 Å². The van der Waals surface area contributed by atoms with Gasteiger partial charge in [-0.3, -0.25) is 19.4 Å². The van der Waals surface area contributed by atoms with E-state index in [-0.39, 0.29) is 11.9 Å². The summed E-state index contributed by atoms with van der Waals surface area (Å²) in [7, 11) is 0. The number of carbonyl (C=O) groups excluding carboxylic acids is 1. The van der Waals surface area contributed by atoms with Crippen molar-refractivity contribution >= 4 is 17.5 Å². The van der Waals surface area contributed by atoms with Crippen molar-refractivity contribution in [2.45, 2.75) is 37.8 Å². The van der Waals surface area contributed by atoms with Gasteiger partial charge in [0.25, 0.3) is 5.91 Å². The molecule has 0 saturated heterocycles. The first kappa shape index (κ1) is 17.7. The maximum atomic E-state index is 12.4. The van der Waals surface area contributed by atoms with Crippen molar-refractivity contribution in [2.24, 2.45) is 0 Å². The fraction of sp³-hybridized carbons (Fsp3) is 0.300. The van der Waals surface area contributed by atoms with Gasteiger partial charge in [0.1, 0.15) is 0 Å². The van der Waals surface area contributed by atoms with E-state index in [4.69, 9.17) is 11.6 Å². The number of hydrogen-bond donors (Lipinski definition) is 1. The minimum Gasteiger partial charge on any atom is -0.349 e. The smallest absolute Gasteiger partial charge is 0.251 e. The van der Waals surface area contributed by atoms with E-state index in [9.17, 15) is 4.79 Å². The Balaban J connectivity index is 1.34. The van der Waals surface area contributed by atoms with Crippen LogP contribution in [0.2, 0.25) is 5.02 Å². The summed E-state index contributed by atoms with van der Waals surface area (Å²) in [5.41, 5.74) is 2.40. The molecule has 1 fully saturated rings. The van der Waals surface area contributed by atoms with Crippen LogP contribution in [0.3, 0.4) is 0 Å². The van der Waals surface area contributed by atoms with Gasteiger partial charge in [-0.15, -0.1) is 0 Å². The van der Waals surface area contributed by atoms with E-state index in [1.807, 2.05) is 17.1 Å². The van der Waals surface area contributed by atoms with Crippen LogP contribution in [0.1, 0.15) is 42.1 Å². The summed E-state index contributed by atoms with van der Waals surface area (Å²) in [6, 6.07) is 7.56. The van der Waals surface area contributed by atoms with Gasteiger partial charge in [-0.25, -0.2) is 0 Å². The van der Waals surface area contributed by atoms with Gasteiger partial charge in [0, 0.05) is 40.8 Å². The molecule has 1 aliphatic carbocycles. The summed E-state index contributed by atoms with van der Waals surface area (Å²) >= 11 is 5.97. The molecule has 2 heterocycles. The summed E-state index contributed by atoms with van der Waals surface area (Å²) < 4.78 is 2.01. The van der Waals surface area contributed by atoms with Gasteiger partial charge in [-0.2, -0.15) is 5.10 Å². The van der Waals surface area contributed by atoms with Crippen molar-refractivity contribution in [1.82, 2.24) is 25.1 Å². The third-order valence-corrected chi connectivity index (χ3v) is 5.19. The van der Waals surface area contributed by atoms with Crippen molar-refractivity contribution in [3.63, 3.8) is 0 Å². The molecule has 7 heteroatoms. The zero-order valence-corrected chi connectivity index (χ0v) is 15.5. The van der Waals surface area contributed by atoms with E-state index in [1.54, 1.807) is 42.9 Å². The second kappa shape index (κ2) is 7.88. The SMILES string of the molecule is O=C(NC1CCC(n2cc(-c3cnccn3)cn2)CC1)c1cccc(Cl)c1. The Morgan fingerprint density at radius 2 is 2.00 bits per heavy atom. The standard InChI is InChI=1S/C20H20ClN5O/c21-16-3-1-2-14(10-16)20(27)25-17-4-6-18(7-5-17)26-13-15(11-24-26)19-12-22-8-9-23-19/h1-3,8-13,17-18H,4-7H2,(H,25,27). The first-order valence-electron chi connectivity index (χ1n) is 9.06. The quantitative estimate of drug-likeness (QED) is 0.743. The average Bonchev–Trinajstić information content (AvgIpc) is 3.19. The minimum absolute atomic E-state index is 0.0648. The van der Waals surface area contributed by atoms with Crippen molar-refractivity contribution in [3.05, 3.63) is 65.8 Å². The number of benzene rings is 1. The van der Waals surface area contributed by atoms with Crippen LogP contribution in [0.4, 0.5) is 0 Å². The van der Waals surface area contributed by atoms with E-state index >= 15 is 0 Å². The number of amides is 1. The number of halogens is 1. The molecule has 6 nitrogen and oxygen atoms in total. The number of nitrogens with zero attached hydrogens (tertiary/aromatic N) is 4. The number of carbonyl (C=O) groups is 1. The minimum atomic E-state index is -0.0648. The van der Waals surface area contributed by atoms with Crippen molar-refractivity contribution in [3.8, 4) is 11.3 Å². The van der Waals surface area contributed by atoms with E-state index in [2.05, 4.69) is 20.4 Å². The van der Waals surface area contributed by atoms with Gasteiger partial charge in [0.15, 0.2) is 0 Å². The Kier molecular flexibility index (Phi) is 5.16. The van der Waals surface area contributed by atoms with E-state index in [0.29, 0.717) is 16.6 Å². The van der Waals surface area contributed by atoms with Crippen LogP contribution in [-0.4, -0.2) is 31.7 Å². The number of nitrogens with one attached hydrogen (secondary N) is 1. The van der Waals surface area contributed by atoms with Crippen LogP contribution in [0.25, 0.3) is 11.3 Å². The largest absolute Gasteiger partial charge is 0.349 e. The van der Waals surface area contributed by atoms with Gasteiger partial charge < -0.3 is 5.32 Å². The molecular formula is C20H20ClN5O.